The van der Waals surface area contributed by atoms with Gasteiger partial charge < -0.3 is 5.43 Å². The van der Waals surface area contributed by atoms with E-state index < -0.39 is 0 Å². The third kappa shape index (κ3) is 2.51. The average Bonchev–Trinajstić information content (AvgIpc) is 2.49. The van der Waals surface area contributed by atoms with E-state index in [0.717, 1.165) is 0 Å². The Kier molecular flexibility index (Phi) is 2.90. The Bertz CT molecular complexity index is 220. The van der Waals surface area contributed by atoms with Crippen LogP contribution in [-0.2, 0) is 0 Å². The highest BCUT2D eigenvalue weighted by Crippen LogP contribution is 2.17. The molecule has 1 aliphatic carbocycles. The molecule has 0 radical (unpaired) electrons. The van der Waals surface area contributed by atoms with E-state index in [4.69, 9.17) is 0 Å². The van der Waals surface area contributed by atoms with Crippen LogP contribution < -0.4 is 5.43 Å². The summed E-state index contributed by atoms with van der Waals surface area (Å²) in [6, 6.07) is 4.81. The van der Waals surface area contributed by atoms with Gasteiger partial charge in [0.2, 0.25) is 0 Å². The zero-order chi connectivity index (χ0) is 8.93. The van der Waals surface area contributed by atoms with Crippen molar-refractivity contribution in [2.45, 2.75) is 44.6 Å². The molecule has 72 valence electrons. The standard InChI is InChI=1S/C11H18N2/c1-2-4-8-11(7-3-1)12-13-9-5-6-10-13/h5-6,9-12H,1-4,7-8H2. The summed E-state index contributed by atoms with van der Waals surface area (Å²) in [5.74, 6) is 0. The summed E-state index contributed by atoms with van der Waals surface area (Å²) in [5.41, 5.74) is 3.52. The molecular formula is C11H18N2. The zero-order valence-electron chi connectivity index (χ0n) is 8.08. The molecule has 0 aliphatic heterocycles. The lowest BCUT2D eigenvalue weighted by Crippen LogP contribution is -2.26. The second-order valence-corrected chi connectivity index (χ2v) is 3.91. The minimum absolute atomic E-state index is 0.690. The lowest BCUT2D eigenvalue weighted by molar-refractivity contribution is 0.565. The fraction of sp³-hybridized carbons (Fsp3) is 0.636. The molecule has 0 bridgehead atoms. The van der Waals surface area contributed by atoms with Gasteiger partial charge in [0, 0.05) is 18.4 Å². The van der Waals surface area contributed by atoms with Gasteiger partial charge in [-0.3, -0.25) is 4.68 Å². The normalized spacial score (nSPS) is 19.7. The largest absolute Gasteiger partial charge is 0.323 e. The van der Waals surface area contributed by atoms with Crippen LogP contribution in [0.3, 0.4) is 0 Å². The molecule has 0 atom stereocenters. The highest BCUT2D eigenvalue weighted by molar-refractivity contribution is 4.95. The molecule has 2 rings (SSSR count). The molecule has 1 heterocycles. The first-order valence-corrected chi connectivity index (χ1v) is 5.35. The van der Waals surface area contributed by atoms with Crippen molar-refractivity contribution in [3.8, 4) is 0 Å². The predicted molar refractivity (Wildman–Crippen MR) is 55.3 cm³/mol. The van der Waals surface area contributed by atoms with Gasteiger partial charge in [0.1, 0.15) is 0 Å². The molecule has 2 heteroatoms. The van der Waals surface area contributed by atoms with Gasteiger partial charge in [0.15, 0.2) is 0 Å². The van der Waals surface area contributed by atoms with Crippen molar-refractivity contribution in [1.29, 1.82) is 0 Å². The molecule has 1 aliphatic rings. The van der Waals surface area contributed by atoms with Crippen LogP contribution in [0.4, 0.5) is 0 Å². The van der Waals surface area contributed by atoms with Crippen LogP contribution in [-0.4, -0.2) is 10.7 Å². The minimum Gasteiger partial charge on any atom is -0.323 e. The summed E-state index contributed by atoms with van der Waals surface area (Å²) in [6.07, 6.45) is 12.4. The third-order valence-electron chi connectivity index (χ3n) is 2.79. The van der Waals surface area contributed by atoms with Crippen molar-refractivity contribution in [1.82, 2.24) is 4.68 Å². The lowest BCUT2D eigenvalue weighted by Gasteiger charge is -2.18. The van der Waals surface area contributed by atoms with E-state index in [0.29, 0.717) is 6.04 Å². The van der Waals surface area contributed by atoms with Crippen molar-refractivity contribution < 1.29 is 0 Å². The summed E-state index contributed by atoms with van der Waals surface area (Å²) >= 11 is 0. The molecule has 1 aromatic rings. The summed E-state index contributed by atoms with van der Waals surface area (Å²) in [4.78, 5) is 0. The smallest absolute Gasteiger partial charge is 0.0424 e. The number of hydrogen-bond donors (Lipinski definition) is 1. The van der Waals surface area contributed by atoms with Gasteiger partial charge in [-0.25, -0.2) is 0 Å². The topological polar surface area (TPSA) is 17.0 Å². The second kappa shape index (κ2) is 4.35. The maximum Gasteiger partial charge on any atom is 0.0424 e. The molecule has 1 aromatic heterocycles. The zero-order valence-corrected chi connectivity index (χ0v) is 8.08. The Hall–Kier alpha value is -0.920. The first kappa shape index (κ1) is 8.67. The predicted octanol–water partition coefficient (Wildman–Crippen LogP) is 2.75. The number of rotatable bonds is 2. The van der Waals surface area contributed by atoms with Crippen molar-refractivity contribution in [2.24, 2.45) is 0 Å². The van der Waals surface area contributed by atoms with Crippen molar-refractivity contribution in [3.63, 3.8) is 0 Å². The monoisotopic (exact) mass is 178 g/mol. The summed E-state index contributed by atoms with van der Waals surface area (Å²) in [7, 11) is 0. The van der Waals surface area contributed by atoms with Gasteiger partial charge in [0.05, 0.1) is 0 Å². The quantitative estimate of drug-likeness (QED) is 0.689. The van der Waals surface area contributed by atoms with Crippen LogP contribution in [0.1, 0.15) is 38.5 Å². The SMILES string of the molecule is c1ccn(NC2CCCCCC2)c1. The molecule has 1 saturated carbocycles. The van der Waals surface area contributed by atoms with E-state index in [1.54, 1.807) is 0 Å². The molecule has 2 nitrogen and oxygen atoms in total. The number of aromatic nitrogens is 1. The molecule has 0 unspecified atom stereocenters. The van der Waals surface area contributed by atoms with Gasteiger partial charge >= 0.3 is 0 Å². The second-order valence-electron chi connectivity index (χ2n) is 3.91. The molecule has 0 saturated heterocycles. The Morgan fingerprint density at radius 2 is 1.54 bits per heavy atom. The summed E-state index contributed by atoms with van der Waals surface area (Å²) in [6.45, 7) is 0. The Balaban J connectivity index is 1.86. The van der Waals surface area contributed by atoms with E-state index in [1.165, 1.54) is 38.5 Å². The van der Waals surface area contributed by atoms with Crippen LogP contribution in [0.25, 0.3) is 0 Å². The van der Waals surface area contributed by atoms with Crippen molar-refractivity contribution in [2.75, 3.05) is 5.43 Å². The van der Waals surface area contributed by atoms with Crippen LogP contribution in [0.15, 0.2) is 24.5 Å². The first-order chi connectivity index (χ1) is 6.45. The average molecular weight is 178 g/mol. The van der Waals surface area contributed by atoms with Crippen LogP contribution in [0.5, 0.6) is 0 Å². The Labute approximate surface area is 79.9 Å². The van der Waals surface area contributed by atoms with Gasteiger partial charge in [-0.2, -0.15) is 0 Å². The molecule has 0 aromatic carbocycles. The highest BCUT2D eigenvalue weighted by Gasteiger charge is 2.10. The van der Waals surface area contributed by atoms with Gasteiger partial charge in [0.25, 0.3) is 0 Å². The Morgan fingerprint density at radius 1 is 0.923 bits per heavy atom. The van der Waals surface area contributed by atoms with E-state index in [-0.39, 0.29) is 0 Å². The molecule has 0 amide bonds. The molecular weight excluding hydrogens is 160 g/mol. The highest BCUT2D eigenvalue weighted by atomic mass is 15.4. The van der Waals surface area contributed by atoms with E-state index in [2.05, 4.69) is 34.6 Å². The fourth-order valence-corrected chi connectivity index (χ4v) is 2.04. The number of nitrogens with zero attached hydrogens (tertiary/aromatic N) is 1. The van der Waals surface area contributed by atoms with E-state index in [1.807, 2.05) is 0 Å². The molecule has 1 N–H and O–H groups in total. The lowest BCUT2D eigenvalue weighted by atomic mass is 10.1. The van der Waals surface area contributed by atoms with Crippen LogP contribution >= 0.6 is 0 Å². The molecule has 13 heavy (non-hydrogen) atoms. The van der Waals surface area contributed by atoms with Crippen molar-refractivity contribution >= 4 is 0 Å². The molecule has 1 fully saturated rings. The number of hydrogen-bond acceptors (Lipinski definition) is 1. The third-order valence-corrected chi connectivity index (χ3v) is 2.79. The van der Waals surface area contributed by atoms with Gasteiger partial charge in [-0.05, 0) is 25.0 Å². The van der Waals surface area contributed by atoms with Gasteiger partial charge in [-0.15, -0.1) is 0 Å². The molecule has 0 spiro atoms. The maximum atomic E-state index is 3.52. The fourth-order valence-electron chi connectivity index (χ4n) is 2.04. The van der Waals surface area contributed by atoms with Crippen molar-refractivity contribution in [3.05, 3.63) is 24.5 Å². The first-order valence-electron chi connectivity index (χ1n) is 5.35. The minimum atomic E-state index is 0.690. The number of nitrogens with one attached hydrogen (secondary N) is 1. The summed E-state index contributed by atoms with van der Waals surface area (Å²) in [5, 5.41) is 0. The Morgan fingerprint density at radius 3 is 2.15 bits per heavy atom. The van der Waals surface area contributed by atoms with Crippen LogP contribution in [0.2, 0.25) is 0 Å². The van der Waals surface area contributed by atoms with Crippen LogP contribution in [0, 0.1) is 0 Å². The van der Waals surface area contributed by atoms with E-state index >= 15 is 0 Å². The van der Waals surface area contributed by atoms with E-state index in [9.17, 15) is 0 Å². The van der Waals surface area contributed by atoms with Gasteiger partial charge in [-0.1, -0.05) is 25.7 Å². The summed E-state index contributed by atoms with van der Waals surface area (Å²) < 4.78 is 2.08. The maximum absolute atomic E-state index is 3.52.